The second-order valence-electron chi connectivity index (χ2n) is 8.49. The highest BCUT2D eigenvalue weighted by Crippen LogP contribution is 2.35. The first-order valence-corrected chi connectivity index (χ1v) is 11.8. The fraction of sp³-hybridized carbons (Fsp3) is 0.259. The van der Waals surface area contributed by atoms with E-state index in [9.17, 15) is 4.79 Å². The molecule has 2 aromatic carbocycles. The maximum absolute atomic E-state index is 13.4. The lowest BCUT2D eigenvalue weighted by Crippen LogP contribution is -2.48. The van der Waals surface area contributed by atoms with Crippen molar-refractivity contribution in [1.29, 1.82) is 0 Å². The van der Waals surface area contributed by atoms with Crippen LogP contribution in [0.15, 0.2) is 67.0 Å². The maximum atomic E-state index is 13.4. The Morgan fingerprint density at radius 2 is 1.91 bits per heavy atom. The SMILES string of the molecule is COc1cc(N2CC=Cc3ccccc32)ccc1C(=O)N1CCN(Cc2ccncc2Cl)CC1. The molecule has 0 N–H and O–H groups in total. The fourth-order valence-electron chi connectivity index (χ4n) is 4.58. The number of methoxy groups -OCH3 is 1. The number of carbonyl (C=O) groups excluding carboxylic acids is 1. The van der Waals surface area contributed by atoms with Gasteiger partial charge in [-0.15, -0.1) is 0 Å². The minimum Gasteiger partial charge on any atom is -0.496 e. The van der Waals surface area contributed by atoms with E-state index in [1.807, 2.05) is 41.3 Å². The number of aromatic nitrogens is 1. The van der Waals surface area contributed by atoms with Gasteiger partial charge in [-0.25, -0.2) is 0 Å². The zero-order chi connectivity index (χ0) is 23.5. The van der Waals surface area contributed by atoms with E-state index in [1.165, 1.54) is 5.56 Å². The molecule has 1 aromatic heterocycles. The second-order valence-corrected chi connectivity index (χ2v) is 8.90. The molecular weight excluding hydrogens is 448 g/mol. The quantitative estimate of drug-likeness (QED) is 0.528. The van der Waals surface area contributed by atoms with Crippen molar-refractivity contribution in [2.24, 2.45) is 0 Å². The van der Waals surface area contributed by atoms with Crippen LogP contribution in [0.4, 0.5) is 11.4 Å². The van der Waals surface area contributed by atoms with Gasteiger partial charge in [-0.1, -0.05) is 42.0 Å². The summed E-state index contributed by atoms with van der Waals surface area (Å²) in [6.45, 7) is 4.45. The molecular formula is C27H27ClN4O2. The van der Waals surface area contributed by atoms with Gasteiger partial charge in [-0.05, 0) is 35.4 Å². The molecule has 1 amide bonds. The van der Waals surface area contributed by atoms with Crippen molar-refractivity contribution in [3.05, 3.63) is 88.7 Å². The molecule has 1 fully saturated rings. The van der Waals surface area contributed by atoms with Gasteiger partial charge in [0.2, 0.25) is 0 Å². The number of nitrogens with zero attached hydrogens (tertiary/aromatic N) is 4. The summed E-state index contributed by atoms with van der Waals surface area (Å²) in [5.74, 6) is 0.601. The standard InChI is InChI=1S/C27H27ClN4O2/c1-34-26-17-22(32-12-4-6-20-5-2-3-7-25(20)32)8-9-23(26)27(33)31-15-13-30(14-16-31)19-21-10-11-29-18-24(21)28/h2-11,17-18H,12-16,19H2,1H3. The summed E-state index contributed by atoms with van der Waals surface area (Å²) in [5.41, 5.74) is 4.99. The predicted molar refractivity (Wildman–Crippen MR) is 136 cm³/mol. The number of hydrogen-bond acceptors (Lipinski definition) is 5. The second kappa shape index (κ2) is 9.87. The Morgan fingerprint density at radius 3 is 2.71 bits per heavy atom. The Balaban J connectivity index is 1.28. The third-order valence-electron chi connectivity index (χ3n) is 6.45. The molecule has 0 unspecified atom stereocenters. The molecule has 0 atom stereocenters. The molecule has 0 bridgehead atoms. The topological polar surface area (TPSA) is 48.9 Å². The Hall–Kier alpha value is -3.35. The number of anilines is 2. The number of ether oxygens (including phenoxy) is 1. The van der Waals surface area contributed by atoms with Crippen LogP contribution in [0.3, 0.4) is 0 Å². The number of halogens is 1. The predicted octanol–water partition coefficient (Wildman–Crippen LogP) is 4.87. The molecule has 2 aliphatic heterocycles. The van der Waals surface area contributed by atoms with Crippen LogP contribution in [0, 0.1) is 0 Å². The van der Waals surface area contributed by atoms with Crippen LogP contribution in [0.5, 0.6) is 5.75 Å². The minimum absolute atomic E-state index is 0.00364. The van der Waals surface area contributed by atoms with Gasteiger partial charge >= 0.3 is 0 Å². The van der Waals surface area contributed by atoms with E-state index >= 15 is 0 Å². The van der Waals surface area contributed by atoms with Gasteiger partial charge in [0.1, 0.15) is 5.75 Å². The van der Waals surface area contributed by atoms with Gasteiger partial charge in [-0.2, -0.15) is 0 Å². The Bertz CT molecular complexity index is 1220. The summed E-state index contributed by atoms with van der Waals surface area (Å²) in [4.78, 5) is 23.9. The first-order valence-electron chi connectivity index (χ1n) is 11.4. The van der Waals surface area contributed by atoms with Crippen molar-refractivity contribution in [3.8, 4) is 5.75 Å². The third-order valence-corrected chi connectivity index (χ3v) is 6.79. The van der Waals surface area contributed by atoms with Crippen LogP contribution in [0.2, 0.25) is 5.02 Å². The molecule has 5 rings (SSSR count). The lowest BCUT2D eigenvalue weighted by Gasteiger charge is -2.35. The van der Waals surface area contributed by atoms with Gasteiger partial charge < -0.3 is 14.5 Å². The molecule has 2 aliphatic rings. The number of benzene rings is 2. The van der Waals surface area contributed by atoms with Crippen molar-refractivity contribution in [1.82, 2.24) is 14.8 Å². The molecule has 0 aliphatic carbocycles. The van der Waals surface area contributed by atoms with Crippen LogP contribution < -0.4 is 9.64 Å². The van der Waals surface area contributed by atoms with Crippen LogP contribution in [-0.4, -0.2) is 60.5 Å². The largest absolute Gasteiger partial charge is 0.496 e. The van der Waals surface area contributed by atoms with E-state index in [-0.39, 0.29) is 5.91 Å². The van der Waals surface area contributed by atoms with Gasteiger partial charge in [-0.3, -0.25) is 14.7 Å². The van der Waals surface area contributed by atoms with E-state index in [4.69, 9.17) is 16.3 Å². The van der Waals surface area contributed by atoms with Crippen molar-refractivity contribution >= 4 is 35.0 Å². The van der Waals surface area contributed by atoms with E-state index in [0.717, 1.165) is 43.1 Å². The molecule has 0 radical (unpaired) electrons. The van der Waals surface area contributed by atoms with Crippen LogP contribution in [0.25, 0.3) is 6.08 Å². The van der Waals surface area contributed by atoms with Crippen LogP contribution in [-0.2, 0) is 6.54 Å². The number of amides is 1. The Labute approximate surface area is 205 Å². The monoisotopic (exact) mass is 474 g/mol. The molecule has 34 heavy (non-hydrogen) atoms. The lowest BCUT2D eigenvalue weighted by atomic mass is 10.1. The van der Waals surface area contributed by atoms with E-state index < -0.39 is 0 Å². The van der Waals surface area contributed by atoms with E-state index in [1.54, 1.807) is 19.5 Å². The van der Waals surface area contributed by atoms with Gasteiger partial charge in [0.25, 0.3) is 5.91 Å². The fourth-order valence-corrected chi connectivity index (χ4v) is 4.76. The highest BCUT2D eigenvalue weighted by Gasteiger charge is 2.25. The summed E-state index contributed by atoms with van der Waals surface area (Å²) in [7, 11) is 1.62. The highest BCUT2D eigenvalue weighted by atomic mass is 35.5. The number of fused-ring (bicyclic) bond motifs is 1. The van der Waals surface area contributed by atoms with Gasteiger partial charge in [0, 0.05) is 69.1 Å². The summed E-state index contributed by atoms with van der Waals surface area (Å²) < 4.78 is 5.67. The average Bonchev–Trinajstić information content (AvgIpc) is 2.89. The third kappa shape index (κ3) is 4.52. The normalized spacial score (nSPS) is 15.8. The average molecular weight is 475 g/mol. The molecule has 3 aromatic rings. The first kappa shape index (κ1) is 22.4. The van der Waals surface area contributed by atoms with Crippen molar-refractivity contribution < 1.29 is 9.53 Å². The highest BCUT2D eigenvalue weighted by molar-refractivity contribution is 6.31. The molecule has 174 valence electrons. The Kier molecular flexibility index (Phi) is 6.52. The number of carbonyl (C=O) groups is 1. The summed E-state index contributed by atoms with van der Waals surface area (Å²) in [6.07, 6.45) is 7.72. The zero-order valence-corrected chi connectivity index (χ0v) is 19.9. The summed E-state index contributed by atoms with van der Waals surface area (Å²) >= 11 is 6.26. The van der Waals surface area contributed by atoms with Crippen LogP contribution >= 0.6 is 11.6 Å². The van der Waals surface area contributed by atoms with Gasteiger partial charge in [0.15, 0.2) is 0 Å². The molecule has 6 nitrogen and oxygen atoms in total. The number of pyridine rings is 1. The molecule has 1 saturated heterocycles. The van der Waals surface area contributed by atoms with Crippen molar-refractivity contribution in [3.63, 3.8) is 0 Å². The minimum atomic E-state index is 0.00364. The first-order chi connectivity index (χ1) is 16.6. The smallest absolute Gasteiger partial charge is 0.257 e. The maximum Gasteiger partial charge on any atom is 0.257 e. The zero-order valence-electron chi connectivity index (χ0n) is 19.2. The van der Waals surface area contributed by atoms with Crippen LogP contribution in [0.1, 0.15) is 21.5 Å². The lowest BCUT2D eigenvalue weighted by molar-refractivity contribution is 0.0625. The molecule has 0 saturated carbocycles. The summed E-state index contributed by atoms with van der Waals surface area (Å²) in [6, 6.07) is 16.1. The number of piperazine rings is 1. The molecule has 0 spiro atoms. The number of para-hydroxylation sites is 1. The number of rotatable bonds is 5. The van der Waals surface area contributed by atoms with Gasteiger partial charge in [0.05, 0.1) is 17.7 Å². The van der Waals surface area contributed by atoms with E-state index in [0.29, 0.717) is 29.4 Å². The van der Waals surface area contributed by atoms with E-state index in [2.05, 4.69) is 39.1 Å². The number of hydrogen-bond donors (Lipinski definition) is 0. The molecule has 3 heterocycles. The van der Waals surface area contributed by atoms with Crippen molar-refractivity contribution in [2.45, 2.75) is 6.54 Å². The summed E-state index contributed by atoms with van der Waals surface area (Å²) in [5, 5.41) is 0.678. The molecule has 7 heteroatoms. The Morgan fingerprint density at radius 1 is 1.09 bits per heavy atom. The van der Waals surface area contributed by atoms with Crippen molar-refractivity contribution in [2.75, 3.05) is 44.7 Å².